The van der Waals surface area contributed by atoms with Gasteiger partial charge in [0.05, 0.1) is 27.1 Å². The molecule has 0 bridgehead atoms. The van der Waals surface area contributed by atoms with Crippen molar-refractivity contribution >= 4 is 69.4 Å². The van der Waals surface area contributed by atoms with Crippen molar-refractivity contribution in [3.8, 4) is 11.5 Å². The number of hydrogen-bond acceptors (Lipinski definition) is 7. The fraction of sp³-hybridized carbons (Fsp3) is 0.120. The highest BCUT2D eigenvalue weighted by Gasteiger charge is 2.27. The Morgan fingerprint density at radius 3 is 2.53 bits per heavy atom. The molecular weight excluding hydrogens is 622 g/mol. The van der Waals surface area contributed by atoms with Crippen molar-refractivity contribution in [3.63, 3.8) is 0 Å². The van der Waals surface area contributed by atoms with E-state index >= 15 is 0 Å². The Kier molecular flexibility index (Phi) is 8.12. The molecule has 3 aromatic carbocycles. The maximum absolute atomic E-state index is 12.5. The summed E-state index contributed by atoms with van der Waals surface area (Å²) in [6.45, 7) is 2.49. The van der Waals surface area contributed by atoms with Gasteiger partial charge in [0, 0.05) is 15.7 Å². The van der Waals surface area contributed by atoms with Crippen molar-refractivity contribution in [2.75, 3.05) is 6.61 Å². The van der Waals surface area contributed by atoms with Gasteiger partial charge in [0.25, 0.3) is 5.69 Å². The molecule has 3 aromatic rings. The lowest BCUT2D eigenvalue weighted by molar-refractivity contribution is -0.384. The molecule has 0 unspecified atom stereocenters. The van der Waals surface area contributed by atoms with Crippen LogP contribution in [0.5, 0.6) is 11.5 Å². The number of non-ortho nitro benzene ring substituents is 1. The van der Waals surface area contributed by atoms with E-state index in [0.717, 1.165) is 9.13 Å². The largest absolute Gasteiger partial charge is 0.490 e. The smallest absolute Gasteiger partial charge is 0.363 e. The number of benzene rings is 3. The minimum absolute atomic E-state index is 0.0290. The molecule has 0 saturated heterocycles. The van der Waals surface area contributed by atoms with Crippen molar-refractivity contribution in [2.24, 2.45) is 4.99 Å². The molecule has 184 valence electrons. The third kappa shape index (κ3) is 5.97. The first-order valence-electron chi connectivity index (χ1n) is 10.6. The van der Waals surface area contributed by atoms with Crippen molar-refractivity contribution in [1.29, 1.82) is 0 Å². The molecule has 1 aliphatic rings. The molecule has 1 aliphatic heterocycles. The number of aliphatic imine (C=N–C) groups is 1. The minimum atomic E-state index is -0.735. The average molecular weight is 639 g/mol. The number of nitro groups is 1. The number of carbonyl (C=O) groups is 1. The zero-order valence-electron chi connectivity index (χ0n) is 18.7. The molecule has 0 radical (unpaired) electrons. The van der Waals surface area contributed by atoms with E-state index in [0.29, 0.717) is 30.3 Å². The molecule has 8 nitrogen and oxygen atoms in total. The molecule has 0 aliphatic carbocycles. The minimum Gasteiger partial charge on any atom is -0.490 e. The van der Waals surface area contributed by atoms with Gasteiger partial charge in [0.15, 0.2) is 17.2 Å². The fourth-order valence-electron chi connectivity index (χ4n) is 3.28. The number of nitro benzene ring substituents is 1. The van der Waals surface area contributed by atoms with Crippen LogP contribution in [-0.4, -0.2) is 23.4 Å². The molecule has 0 aromatic heterocycles. The third-order valence-electron chi connectivity index (χ3n) is 4.94. The molecule has 36 heavy (non-hydrogen) atoms. The quantitative estimate of drug-likeness (QED) is 0.0882. The predicted octanol–water partition coefficient (Wildman–Crippen LogP) is 6.83. The summed E-state index contributed by atoms with van der Waals surface area (Å²) in [5, 5.41) is 11.5. The van der Waals surface area contributed by atoms with E-state index in [1.807, 2.05) is 31.2 Å². The Morgan fingerprint density at radius 2 is 1.83 bits per heavy atom. The van der Waals surface area contributed by atoms with E-state index in [1.54, 1.807) is 12.1 Å². The lowest BCUT2D eigenvalue weighted by Crippen LogP contribution is -2.06. The molecule has 0 fully saturated rings. The molecular formula is C25H17Cl2IN2O6. The maximum Gasteiger partial charge on any atom is 0.363 e. The molecule has 0 N–H and O–H groups in total. The summed E-state index contributed by atoms with van der Waals surface area (Å²) >= 11 is 14.9. The standard InChI is InChI=1S/C25H17Cl2IN2O6/c1-2-34-22-11-15(9-20(27)23(22)35-13-14-3-5-16(28)6-4-14)10-21-25(31)36-24(29-21)18-12-17(30(32)33)7-8-19(18)26/h3-12H,2,13H2,1H3/b21-10-. The second-order valence-corrected chi connectivity index (χ2v) is 9.50. The van der Waals surface area contributed by atoms with Crippen molar-refractivity contribution in [3.05, 3.63) is 101 Å². The summed E-state index contributed by atoms with van der Waals surface area (Å²) in [5.74, 6) is -0.0883. The maximum atomic E-state index is 12.5. The first kappa shape index (κ1) is 25.9. The zero-order valence-corrected chi connectivity index (χ0v) is 22.3. The Morgan fingerprint density at radius 1 is 1.08 bits per heavy atom. The second kappa shape index (κ2) is 11.3. The number of rotatable bonds is 8. The van der Waals surface area contributed by atoms with Crippen LogP contribution < -0.4 is 9.47 Å². The van der Waals surface area contributed by atoms with Crippen molar-refractivity contribution in [2.45, 2.75) is 13.5 Å². The number of ether oxygens (including phenoxy) is 3. The first-order valence-corrected chi connectivity index (χ1v) is 12.4. The van der Waals surface area contributed by atoms with Crippen molar-refractivity contribution < 1.29 is 23.9 Å². The SMILES string of the molecule is CCOc1cc(/C=C2\N=C(c3cc([N+](=O)[O-])ccc3Cl)OC2=O)cc(Cl)c1OCc1ccc(I)cc1. The second-order valence-electron chi connectivity index (χ2n) is 7.44. The molecule has 4 rings (SSSR count). The fourth-order valence-corrected chi connectivity index (χ4v) is 4.11. The topological polar surface area (TPSA) is 100 Å². The van der Waals surface area contributed by atoms with Crippen LogP contribution in [0, 0.1) is 13.7 Å². The summed E-state index contributed by atoms with van der Waals surface area (Å²) in [7, 11) is 0. The molecule has 0 amide bonds. The van der Waals surface area contributed by atoms with E-state index in [9.17, 15) is 14.9 Å². The number of halogens is 3. The number of carbonyl (C=O) groups excluding carboxylic acids is 1. The van der Waals surface area contributed by atoms with Crippen LogP contribution >= 0.6 is 45.8 Å². The highest BCUT2D eigenvalue weighted by Crippen LogP contribution is 2.38. The Labute approximate surface area is 229 Å². The summed E-state index contributed by atoms with van der Waals surface area (Å²) < 4.78 is 18.0. The highest BCUT2D eigenvalue weighted by atomic mass is 127. The lowest BCUT2D eigenvalue weighted by atomic mass is 10.1. The average Bonchev–Trinajstić information content (AvgIpc) is 3.19. The summed E-state index contributed by atoms with van der Waals surface area (Å²) in [4.78, 5) is 27.2. The van der Waals surface area contributed by atoms with Crippen LogP contribution in [0.15, 0.2) is 65.3 Å². The Hall–Kier alpha value is -3.15. The van der Waals surface area contributed by atoms with Gasteiger partial charge in [-0.15, -0.1) is 0 Å². The normalized spacial score (nSPS) is 13.9. The van der Waals surface area contributed by atoms with Gasteiger partial charge in [0.2, 0.25) is 5.90 Å². The summed E-state index contributed by atoms with van der Waals surface area (Å²) in [6, 6.07) is 15.0. The summed E-state index contributed by atoms with van der Waals surface area (Å²) in [6.07, 6.45) is 1.47. The highest BCUT2D eigenvalue weighted by molar-refractivity contribution is 14.1. The number of esters is 1. The van der Waals surface area contributed by atoms with Gasteiger partial charge in [-0.05, 0) is 77.0 Å². The van der Waals surface area contributed by atoms with Gasteiger partial charge < -0.3 is 14.2 Å². The predicted molar refractivity (Wildman–Crippen MR) is 145 cm³/mol. The van der Waals surface area contributed by atoms with E-state index in [-0.39, 0.29) is 32.9 Å². The zero-order chi connectivity index (χ0) is 25.8. The van der Waals surface area contributed by atoms with Crippen LogP contribution in [0.3, 0.4) is 0 Å². The van der Waals surface area contributed by atoms with Crippen LogP contribution in [0.4, 0.5) is 5.69 Å². The molecule has 1 heterocycles. The van der Waals surface area contributed by atoms with Gasteiger partial charge in [-0.2, -0.15) is 0 Å². The monoisotopic (exact) mass is 638 g/mol. The number of cyclic esters (lactones) is 1. The first-order chi connectivity index (χ1) is 17.2. The Balaban J connectivity index is 1.63. The van der Waals surface area contributed by atoms with Crippen LogP contribution in [0.2, 0.25) is 10.0 Å². The van der Waals surface area contributed by atoms with E-state index < -0.39 is 10.9 Å². The summed E-state index contributed by atoms with van der Waals surface area (Å²) in [5.41, 5.74) is 1.39. The number of nitrogens with zero attached hydrogens (tertiary/aromatic N) is 2. The molecule has 0 saturated carbocycles. The van der Waals surface area contributed by atoms with Gasteiger partial charge in [-0.25, -0.2) is 9.79 Å². The molecule has 0 spiro atoms. The molecule has 11 heteroatoms. The van der Waals surface area contributed by atoms with E-state index in [1.165, 1.54) is 24.3 Å². The van der Waals surface area contributed by atoms with Gasteiger partial charge in [0.1, 0.15) is 6.61 Å². The van der Waals surface area contributed by atoms with Crippen LogP contribution in [-0.2, 0) is 16.1 Å². The van der Waals surface area contributed by atoms with Crippen molar-refractivity contribution in [1.82, 2.24) is 0 Å². The van der Waals surface area contributed by atoms with E-state index in [2.05, 4.69) is 27.6 Å². The van der Waals surface area contributed by atoms with Gasteiger partial charge in [-0.1, -0.05) is 35.3 Å². The lowest BCUT2D eigenvalue weighted by Gasteiger charge is -2.14. The third-order valence-corrected chi connectivity index (χ3v) is 6.27. The van der Waals surface area contributed by atoms with Gasteiger partial charge >= 0.3 is 5.97 Å². The number of hydrogen-bond donors (Lipinski definition) is 0. The van der Waals surface area contributed by atoms with Crippen LogP contribution in [0.1, 0.15) is 23.6 Å². The van der Waals surface area contributed by atoms with Crippen LogP contribution in [0.25, 0.3) is 6.08 Å². The van der Waals surface area contributed by atoms with E-state index in [4.69, 9.17) is 37.4 Å². The van der Waals surface area contributed by atoms with Gasteiger partial charge in [-0.3, -0.25) is 10.1 Å². The Bertz CT molecular complexity index is 1410. The molecule has 0 atom stereocenters.